The van der Waals surface area contributed by atoms with Gasteiger partial charge in [0.15, 0.2) is 0 Å². The maximum Gasteiger partial charge on any atom is 0.319 e. The van der Waals surface area contributed by atoms with Gasteiger partial charge in [0.05, 0.1) is 6.42 Å². The average molecular weight is 364 g/mol. The number of amides is 3. The number of carbonyl (C=O) groups is 2. The van der Waals surface area contributed by atoms with E-state index < -0.39 is 5.82 Å². The van der Waals surface area contributed by atoms with Gasteiger partial charge in [-0.05, 0) is 50.2 Å². The molecule has 0 aliphatic heterocycles. The quantitative estimate of drug-likeness (QED) is 0.745. The predicted molar refractivity (Wildman–Crippen MR) is 97.5 cm³/mol. The Morgan fingerprint density at radius 2 is 1.64 bits per heavy atom. The fourth-order valence-electron chi connectivity index (χ4n) is 2.13. The molecule has 0 spiro atoms. The summed E-state index contributed by atoms with van der Waals surface area (Å²) in [5, 5.41) is 8.27. The first-order valence-electron chi connectivity index (χ1n) is 7.75. The van der Waals surface area contributed by atoms with Gasteiger partial charge in [-0.25, -0.2) is 9.18 Å². The molecule has 0 aliphatic rings. The monoisotopic (exact) mass is 363 g/mol. The van der Waals surface area contributed by atoms with Crippen molar-refractivity contribution in [2.45, 2.75) is 26.3 Å². The first-order chi connectivity index (χ1) is 11.8. The molecule has 0 aromatic heterocycles. The SMILES string of the molecule is CC(C)NC(=O)Nc1ccc(NC(=O)Cc2c(F)cccc2Cl)cc1. The van der Waals surface area contributed by atoms with Crippen molar-refractivity contribution in [3.8, 4) is 0 Å². The Morgan fingerprint density at radius 3 is 2.20 bits per heavy atom. The summed E-state index contributed by atoms with van der Waals surface area (Å²) in [5.41, 5.74) is 1.28. The molecular weight excluding hydrogens is 345 g/mol. The Balaban J connectivity index is 1.94. The van der Waals surface area contributed by atoms with Crippen LogP contribution >= 0.6 is 11.6 Å². The normalized spacial score (nSPS) is 10.4. The molecule has 3 N–H and O–H groups in total. The van der Waals surface area contributed by atoms with E-state index in [2.05, 4.69) is 16.0 Å². The number of nitrogens with one attached hydrogen (secondary N) is 3. The molecule has 0 aliphatic carbocycles. The Bertz CT molecular complexity index is 743. The summed E-state index contributed by atoms with van der Waals surface area (Å²) >= 11 is 5.92. The van der Waals surface area contributed by atoms with Crippen molar-refractivity contribution in [3.05, 3.63) is 58.9 Å². The van der Waals surface area contributed by atoms with Gasteiger partial charge in [0.2, 0.25) is 5.91 Å². The van der Waals surface area contributed by atoms with Crippen LogP contribution in [0.5, 0.6) is 0 Å². The highest BCUT2D eigenvalue weighted by molar-refractivity contribution is 6.31. The van der Waals surface area contributed by atoms with Gasteiger partial charge in [-0.15, -0.1) is 0 Å². The maximum atomic E-state index is 13.7. The van der Waals surface area contributed by atoms with E-state index in [0.717, 1.165) is 0 Å². The van der Waals surface area contributed by atoms with Gasteiger partial charge in [-0.3, -0.25) is 4.79 Å². The number of carbonyl (C=O) groups excluding carboxylic acids is 2. The third-order valence-corrected chi connectivity index (χ3v) is 3.60. The van der Waals surface area contributed by atoms with Gasteiger partial charge in [0.25, 0.3) is 0 Å². The van der Waals surface area contributed by atoms with Crippen LogP contribution in [0.1, 0.15) is 19.4 Å². The van der Waals surface area contributed by atoms with E-state index in [0.29, 0.717) is 11.4 Å². The summed E-state index contributed by atoms with van der Waals surface area (Å²) in [5.74, 6) is -0.899. The maximum absolute atomic E-state index is 13.7. The summed E-state index contributed by atoms with van der Waals surface area (Å²) in [6.45, 7) is 3.72. The van der Waals surface area contributed by atoms with E-state index in [1.807, 2.05) is 13.8 Å². The molecule has 0 radical (unpaired) electrons. The van der Waals surface area contributed by atoms with Crippen LogP contribution in [0.15, 0.2) is 42.5 Å². The van der Waals surface area contributed by atoms with Gasteiger partial charge < -0.3 is 16.0 Å². The number of anilines is 2. The largest absolute Gasteiger partial charge is 0.336 e. The second-order valence-electron chi connectivity index (χ2n) is 5.76. The van der Waals surface area contributed by atoms with Gasteiger partial charge in [-0.2, -0.15) is 0 Å². The van der Waals surface area contributed by atoms with Crippen molar-refractivity contribution in [2.24, 2.45) is 0 Å². The van der Waals surface area contributed by atoms with E-state index in [1.165, 1.54) is 18.2 Å². The molecule has 0 saturated carbocycles. The summed E-state index contributed by atoms with van der Waals surface area (Å²) < 4.78 is 13.7. The van der Waals surface area contributed by atoms with Crippen molar-refractivity contribution < 1.29 is 14.0 Å². The Morgan fingerprint density at radius 1 is 1.04 bits per heavy atom. The van der Waals surface area contributed by atoms with Crippen LogP contribution in [0, 0.1) is 5.82 Å². The van der Waals surface area contributed by atoms with Gasteiger partial charge in [0, 0.05) is 28.0 Å². The van der Waals surface area contributed by atoms with E-state index in [4.69, 9.17) is 11.6 Å². The summed E-state index contributed by atoms with van der Waals surface area (Å²) in [4.78, 5) is 23.7. The summed E-state index contributed by atoms with van der Waals surface area (Å²) in [6, 6.07) is 10.6. The molecule has 0 saturated heterocycles. The smallest absolute Gasteiger partial charge is 0.319 e. The molecule has 0 atom stereocenters. The third-order valence-electron chi connectivity index (χ3n) is 3.25. The second kappa shape index (κ2) is 8.48. The molecule has 0 heterocycles. The fraction of sp³-hybridized carbons (Fsp3) is 0.222. The zero-order valence-electron chi connectivity index (χ0n) is 13.9. The van der Waals surface area contributed by atoms with Crippen LogP contribution in [0.4, 0.5) is 20.6 Å². The van der Waals surface area contributed by atoms with Crippen molar-refractivity contribution in [3.63, 3.8) is 0 Å². The van der Waals surface area contributed by atoms with Gasteiger partial charge in [0.1, 0.15) is 5.82 Å². The Labute approximate surface area is 150 Å². The first-order valence-corrected chi connectivity index (χ1v) is 8.13. The number of benzene rings is 2. The number of hydrogen-bond acceptors (Lipinski definition) is 2. The van der Waals surface area contributed by atoms with Gasteiger partial charge in [-0.1, -0.05) is 17.7 Å². The molecule has 5 nitrogen and oxygen atoms in total. The zero-order valence-corrected chi connectivity index (χ0v) is 14.7. The number of hydrogen-bond donors (Lipinski definition) is 3. The van der Waals surface area contributed by atoms with E-state index in [-0.39, 0.29) is 35.0 Å². The van der Waals surface area contributed by atoms with Crippen LogP contribution < -0.4 is 16.0 Å². The van der Waals surface area contributed by atoms with Crippen LogP contribution in [0.2, 0.25) is 5.02 Å². The van der Waals surface area contributed by atoms with E-state index in [1.54, 1.807) is 24.3 Å². The fourth-order valence-corrected chi connectivity index (χ4v) is 2.36. The molecule has 3 amide bonds. The minimum Gasteiger partial charge on any atom is -0.336 e. The highest BCUT2D eigenvalue weighted by atomic mass is 35.5. The molecule has 2 aromatic carbocycles. The van der Waals surface area contributed by atoms with Crippen LogP contribution in [-0.2, 0) is 11.2 Å². The molecule has 7 heteroatoms. The summed E-state index contributed by atoms with van der Waals surface area (Å²) in [7, 11) is 0. The highest BCUT2D eigenvalue weighted by Gasteiger charge is 2.12. The van der Waals surface area contributed by atoms with Crippen molar-refractivity contribution in [1.82, 2.24) is 5.32 Å². The minimum atomic E-state index is -0.515. The van der Waals surface area contributed by atoms with Gasteiger partial charge >= 0.3 is 6.03 Å². The molecular formula is C18H19ClFN3O2. The van der Waals surface area contributed by atoms with E-state index in [9.17, 15) is 14.0 Å². The lowest BCUT2D eigenvalue weighted by Gasteiger charge is -2.11. The zero-order chi connectivity index (χ0) is 18.4. The third kappa shape index (κ3) is 5.76. The lowest BCUT2D eigenvalue weighted by atomic mass is 10.1. The Hall–Kier alpha value is -2.60. The predicted octanol–water partition coefficient (Wildman–Crippen LogP) is 4.19. The molecule has 25 heavy (non-hydrogen) atoms. The second-order valence-corrected chi connectivity index (χ2v) is 6.16. The molecule has 2 aromatic rings. The molecule has 0 bridgehead atoms. The number of rotatable bonds is 5. The van der Waals surface area contributed by atoms with Crippen molar-refractivity contribution in [1.29, 1.82) is 0 Å². The number of urea groups is 1. The van der Waals surface area contributed by atoms with Crippen molar-refractivity contribution in [2.75, 3.05) is 10.6 Å². The lowest BCUT2D eigenvalue weighted by Crippen LogP contribution is -2.34. The highest BCUT2D eigenvalue weighted by Crippen LogP contribution is 2.20. The molecule has 2 rings (SSSR count). The molecule has 0 unspecified atom stereocenters. The molecule has 132 valence electrons. The van der Waals surface area contributed by atoms with Crippen molar-refractivity contribution >= 4 is 34.9 Å². The first kappa shape index (κ1) is 18.7. The molecule has 0 fully saturated rings. The topological polar surface area (TPSA) is 70.2 Å². The summed E-state index contributed by atoms with van der Waals surface area (Å²) in [6.07, 6.45) is -0.164. The number of halogens is 2. The standard InChI is InChI=1S/C18H19ClFN3O2/c1-11(2)21-18(25)23-13-8-6-12(7-9-13)22-17(24)10-14-15(19)4-3-5-16(14)20/h3-9,11H,10H2,1-2H3,(H,22,24)(H2,21,23,25). The average Bonchev–Trinajstić information content (AvgIpc) is 2.52. The lowest BCUT2D eigenvalue weighted by molar-refractivity contribution is -0.115. The van der Waals surface area contributed by atoms with Crippen LogP contribution in [0.3, 0.4) is 0 Å². The van der Waals surface area contributed by atoms with E-state index >= 15 is 0 Å². The minimum absolute atomic E-state index is 0.0313. The Kier molecular flexibility index (Phi) is 6.36. The van der Waals surface area contributed by atoms with Crippen LogP contribution in [-0.4, -0.2) is 18.0 Å². The van der Waals surface area contributed by atoms with Crippen LogP contribution in [0.25, 0.3) is 0 Å².